The fourth-order valence-corrected chi connectivity index (χ4v) is 3.89. The van der Waals surface area contributed by atoms with Gasteiger partial charge < -0.3 is 10.1 Å². The third-order valence-corrected chi connectivity index (χ3v) is 5.65. The molecule has 0 aliphatic heterocycles. The molecule has 13 heteroatoms. The number of ether oxygens (including phenoxy) is 1. The molecule has 0 heterocycles. The molecule has 0 radical (unpaired) electrons. The molecule has 0 saturated carbocycles. The average Bonchev–Trinajstić information content (AvgIpc) is 2.66. The van der Waals surface area contributed by atoms with Crippen molar-refractivity contribution in [3.63, 3.8) is 0 Å². The Labute approximate surface area is 179 Å². The van der Waals surface area contributed by atoms with Crippen LogP contribution >= 0.6 is 0 Å². The molecule has 6 nitrogen and oxygen atoms in total. The highest BCUT2D eigenvalue weighted by Gasteiger charge is 2.65. The molecule has 0 saturated heterocycles. The van der Waals surface area contributed by atoms with Gasteiger partial charge in [0.25, 0.3) is 5.66 Å². The number of esters is 1. The molecule has 1 atom stereocenters. The van der Waals surface area contributed by atoms with Crippen LogP contribution in [0.2, 0.25) is 0 Å². The van der Waals surface area contributed by atoms with Crippen molar-refractivity contribution >= 4 is 21.7 Å². The molecule has 2 N–H and O–H groups in total. The van der Waals surface area contributed by atoms with Crippen LogP contribution in [0, 0.1) is 6.92 Å². The number of hydrogen-bond donors (Lipinski definition) is 2. The topological polar surface area (TPSA) is 84.5 Å². The normalized spacial score (nSPS) is 14.5. The lowest BCUT2D eigenvalue weighted by atomic mass is 10.1. The molecule has 2 rings (SSSR count). The van der Waals surface area contributed by atoms with Crippen molar-refractivity contribution in [1.29, 1.82) is 0 Å². The van der Waals surface area contributed by atoms with E-state index in [1.54, 1.807) is 6.92 Å². The first-order valence-corrected chi connectivity index (χ1v) is 10.4. The number of alkyl halides is 6. The second-order valence-electron chi connectivity index (χ2n) is 6.56. The van der Waals surface area contributed by atoms with Gasteiger partial charge in [-0.25, -0.2) is 13.2 Å². The third kappa shape index (κ3) is 5.33. The number of rotatable bonds is 7. The van der Waals surface area contributed by atoms with Gasteiger partial charge >= 0.3 is 18.3 Å². The molecule has 2 aromatic rings. The van der Waals surface area contributed by atoms with Crippen molar-refractivity contribution in [2.45, 2.75) is 36.8 Å². The molecule has 176 valence electrons. The number of halogens is 6. The van der Waals surface area contributed by atoms with Gasteiger partial charge in [0.15, 0.2) is 0 Å². The highest BCUT2D eigenvalue weighted by molar-refractivity contribution is 7.89. The van der Waals surface area contributed by atoms with Crippen LogP contribution in [0.25, 0.3) is 0 Å². The van der Waals surface area contributed by atoms with E-state index in [0.717, 1.165) is 31.2 Å². The number of anilines is 1. The van der Waals surface area contributed by atoms with E-state index in [1.165, 1.54) is 22.2 Å². The number of para-hydroxylation sites is 1. The van der Waals surface area contributed by atoms with Crippen LogP contribution in [0.15, 0.2) is 53.4 Å². The quantitative estimate of drug-likeness (QED) is 0.349. The molecule has 0 aliphatic rings. The molecule has 0 bridgehead atoms. The maximum atomic E-state index is 14.2. The van der Waals surface area contributed by atoms with Gasteiger partial charge in [0.2, 0.25) is 10.0 Å². The van der Waals surface area contributed by atoms with Crippen LogP contribution < -0.4 is 10.0 Å². The summed E-state index contributed by atoms with van der Waals surface area (Å²) in [6.45, 7) is 2.14. The summed E-state index contributed by atoms with van der Waals surface area (Å²) in [5.41, 5.74) is -6.40. The summed E-state index contributed by atoms with van der Waals surface area (Å²) in [5, 5.41) is 1.42. The molecule has 0 aromatic heterocycles. The monoisotopic (exact) mass is 484 g/mol. The lowest BCUT2D eigenvalue weighted by Crippen LogP contribution is -2.69. The minimum atomic E-state index is -5.75. The van der Waals surface area contributed by atoms with Gasteiger partial charge in [-0.1, -0.05) is 29.8 Å². The first-order valence-electron chi connectivity index (χ1n) is 8.93. The highest BCUT2D eigenvalue weighted by Crippen LogP contribution is 2.39. The van der Waals surface area contributed by atoms with Gasteiger partial charge in [-0.2, -0.15) is 31.1 Å². The number of hydrogen-bond acceptors (Lipinski definition) is 5. The summed E-state index contributed by atoms with van der Waals surface area (Å²) in [7, 11) is -5.06. The van der Waals surface area contributed by atoms with Crippen molar-refractivity contribution in [2.75, 3.05) is 11.9 Å². The van der Waals surface area contributed by atoms with Gasteiger partial charge in [0.1, 0.15) is 0 Å². The van der Waals surface area contributed by atoms with Gasteiger partial charge in [-0.3, -0.25) is 0 Å². The number of sulfonamides is 1. The Balaban J connectivity index is 2.70. The van der Waals surface area contributed by atoms with E-state index in [2.05, 4.69) is 4.74 Å². The van der Waals surface area contributed by atoms with Gasteiger partial charge in [-0.05, 0) is 38.1 Å². The van der Waals surface area contributed by atoms with E-state index in [0.29, 0.717) is 17.7 Å². The minimum Gasteiger partial charge on any atom is -0.463 e. The fourth-order valence-electron chi connectivity index (χ4n) is 2.62. The van der Waals surface area contributed by atoms with Crippen LogP contribution in [-0.2, 0) is 25.7 Å². The number of carbonyl (C=O) groups is 1. The van der Waals surface area contributed by atoms with E-state index in [1.807, 2.05) is 0 Å². The molecule has 2 aromatic carbocycles. The second-order valence-corrected chi connectivity index (χ2v) is 8.24. The minimum absolute atomic E-state index is 0.475. The molecule has 32 heavy (non-hydrogen) atoms. The Bertz CT molecular complexity index is 1070. The SMILES string of the molecule is CCOC(=O)C(Nc1ccccc1C(F)(F)F)(NS(=O)(=O)c1ccc(C)cc1)C(F)(F)F. The number of nitrogens with one attached hydrogen (secondary N) is 2. The predicted octanol–water partition coefficient (Wildman–Crippen LogP) is 4.23. The fraction of sp³-hybridized carbons (Fsp3) is 0.316. The van der Waals surface area contributed by atoms with E-state index < -0.39 is 56.8 Å². The molecular weight excluding hydrogens is 466 g/mol. The lowest BCUT2D eigenvalue weighted by Gasteiger charge is -2.35. The van der Waals surface area contributed by atoms with Gasteiger partial charge in [0.05, 0.1) is 17.1 Å². The van der Waals surface area contributed by atoms with Crippen LogP contribution in [0.3, 0.4) is 0 Å². The van der Waals surface area contributed by atoms with Gasteiger partial charge in [-0.15, -0.1) is 0 Å². The predicted molar refractivity (Wildman–Crippen MR) is 102 cm³/mol. The zero-order valence-corrected chi connectivity index (χ0v) is 17.5. The zero-order chi connectivity index (χ0) is 24.4. The first-order chi connectivity index (χ1) is 14.6. The van der Waals surface area contributed by atoms with Crippen LogP contribution in [0.4, 0.5) is 32.0 Å². The van der Waals surface area contributed by atoms with Crippen molar-refractivity contribution in [2.24, 2.45) is 0 Å². The largest absolute Gasteiger partial charge is 0.463 e. The summed E-state index contributed by atoms with van der Waals surface area (Å²) in [6, 6.07) is 7.55. The van der Waals surface area contributed by atoms with Crippen molar-refractivity contribution in [3.05, 3.63) is 59.7 Å². The highest BCUT2D eigenvalue weighted by atomic mass is 32.2. The van der Waals surface area contributed by atoms with E-state index in [-0.39, 0.29) is 0 Å². The molecular formula is C19H18F6N2O4S. The van der Waals surface area contributed by atoms with Crippen LogP contribution in [0.5, 0.6) is 0 Å². The lowest BCUT2D eigenvalue weighted by molar-refractivity contribution is -0.203. The van der Waals surface area contributed by atoms with E-state index >= 15 is 0 Å². The summed E-state index contributed by atoms with van der Waals surface area (Å²) in [6.07, 6.45) is -10.9. The Morgan fingerprint density at radius 1 is 0.969 bits per heavy atom. The van der Waals surface area contributed by atoms with Crippen LogP contribution in [0.1, 0.15) is 18.1 Å². The van der Waals surface area contributed by atoms with E-state index in [4.69, 9.17) is 0 Å². The average molecular weight is 484 g/mol. The Morgan fingerprint density at radius 2 is 1.53 bits per heavy atom. The first kappa shape index (κ1) is 25.5. The maximum absolute atomic E-state index is 14.2. The second kappa shape index (κ2) is 8.98. The molecule has 0 aliphatic carbocycles. The Hall–Kier alpha value is -2.80. The molecule has 0 fully saturated rings. The number of benzene rings is 2. The summed E-state index contributed by atoms with van der Waals surface area (Å²) >= 11 is 0. The van der Waals surface area contributed by atoms with Crippen molar-refractivity contribution in [3.8, 4) is 0 Å². The maximum Gasteiger partial charge on any atom is 0.437 e. The third-order valence-electron chi connectivity index (χ3n) is 4.18. The standard InChI is InChI=1S/C19H18F6N2O4S/c1-3-31-16(28)17(19(23,24)25,26-15-7-5-4-6-14(15)18(20,21)22)27-32(29,30)13-10-8-12(2)9-11-13/h4-11,26-27H,3H2,1-2H3. The summed E-state index contributed by atoms with van der Waals surface area (Å²) in [4.78, 5) is 11.8. The van der Waals surface area contributed by atoms with E-state index in [9.17, 15) is 39.6 Å². The Morgan fingerprint density at radius 3 is 2.03 bits per heavy atom. The molecule has 0 spiro atoms. The molecule has 0 amide bonds. The van der Waals surface area contributed by atoms with Gasteiger partial charge in [0, 0.05) is 5.69 Å². The summed E-state index contributed by atoms with van der Waals surface area (Å²) in [5.74, 6) is -2.18. The number of aryl methyl sites for hydroxylation is 1. The van der Waals surface area contributed by atoms with Crippen molar-refractivity contribution in [1.82, 2.24) is 4.72 Å². The number of carbonyl (C=O) groups excluding carboxylic acids is 1. The van der Waals surface area contributed by atoms with Crippen LogP contribution in [-0.4, -0.2) is 32.8 Å². The summed E-state index contributed by atoms with van der Waals surface area (Å²) < 4.78 is 114. The zero-order valence-electron chi connectivity index (χ0n) is 16.6. The Kier molecular flexibility index (Phi) is 7.15. The smallest absolute Gasteiger partial charge is 0.437 e. The van der Waals surface area contributed by atoms with Crippen molar-refractivity contribution < 1.29 is 44.3 Å². The molecule has 1 unspecified atom stereocenters.